The highest BCUT2D eigenvalue weighted by atomic mass is 16.5. The Morgan fingerprint density at radius 1 is 0.781 bits per heavy atom. The van der Waals surface area contributed by atoms with E-state index in [0.717, 1.165) is 10.8 Å². The summed E-state index contributed by atoms with van der Waals surface area (Å²) in [5.41, 5.74) is 3.04. The molecule has 0 atom stereocenters. The molecule has 0 spiro atoms. The van der Waals surface area contributed by atoms with Crippen molar-refractivity contribution in [3.63, 3.8) is 0 Å². The average Bonchev–Trinajstić information content (AvgIpc) is 2.82. The number of carbonyl (C=O) groups excluding carboxylic acids is 2. The van der Waals surface area contributed by atoms with Crippen LogP contribution in [0, 0.1) is 0 Å². The molecular formula is C25H19N3O4. The number of benzene rings is 4. The summed E-state index contributed by atoms with van der Waals surface area (Å²) in [6, 6.07) is 26.7. The zero-order chi connectivity index (χ0) is 22.3. The zero-order valence-corrected chi connectivity index (χ0v) is 16.9. The predicted molar refractivity (Wildman–Crippen MR) is 123 cm³/mol. The van der Waals surface area contributed by atoms with Gasteiger partial charge < -0.3 is 15.2 Å². The summed E-state index contributed by atoms with van der Waals surface area (Å²) < 4.78 is 5.69. The van der Waals surface area contributed by atoms with Crippen LogP contribution in [-0.2, 0) is 9.59 Å². The van der Waals surface area contributed by atoms with Crippen molar-refractivity contribution in [1.29, 1.82) is 0 Å². The number of rotatable bonds is 5. The van der Waals surface area contributed by atoms with Crippen LogP contribution in [0.4, 0.5) is 5.69 Å². The Hall–Kier alpha value is -4.65. The molecular weight excluding hydrogens is 406 g/mol. The molecule has 0 saturated heterocycles. The Morgan fingerprint density at radius 3 is 2.25 bits per heavy atom. The molecule has 2 amide bonds. The van der Waals surface area contributed by atoms with E-state index in [1.54, 1.807) is 36.4 Å². The molecule has 4 rings (SSSR count). The Balaban J connectivity index is 1.35. The topological polar surface area (TPSA) is 100 Å². The van der Waals surface area contributed by atoms with E-state index in [4.69, 9.17) is 4.74 Å². The normalized spacial score (nSPS) is 10.8. The molecule has 0 aliphatic heterocycles. The third-order valence-corrected chi connectivity index (χ3v) is 4.60. The molecule has 4 aromatic rings. The Bertz CT molecular complexity index is 1290. The van der Waals surface area contributed by atoms with Gasteiger partial charge in [0.15, 0.2) is 0 Å². The summed E-state index contributed by atoms with van der Waals surface area (Å²) in [5.74, 6) is -0.507. The minimum atomic E-state index is -0.939. The van der Waals surface area contributed by atoms with Crippen LogP contribution in [0.5, 0.6) is 17.2 Å². The maximum Gasteiger partial charge on any atom is 0.329 e. The van der Waals surface area contributed by atoms with Gasteiger partial charge in [-0.15, -0.1) is 0 Å². The number of hydrogen-bond acceptors (Lipinski definition) is 5. The van der Waals surface area contributed by atoms with Crippen LogP contribution < -0.4 is 15.5 Å². The molecule has 158 valence electrons. The summed E-state index contributed by atoms with van der Waals surface area (Å²) in [7, 11) is 0. The number of fused-ring (bicyclic) bond motifs is 1. The summed E-state index contributed by atoms with van der Waals surface area (Å²) in [6.07, 6.45) is 1.30. The molecule has 0 bridgehead atoms. The van der Waals surface area contributed by atoms with Crippen LogP contribution in [0.3, 0.4) is 0 Å². The number of nitrogens with zero attached hydrogens (tertiary/aromatic N) is 1. The molecule has 0 aromatic heterocycles. The first kappa shape index (κ1) is 20.6. The number of amides is 2. The van der Waals surface area contributed by atoms with Crippen molar-refractivity contribution in [2.45, 2.75) is 0 Å². The number of ether oxygens (including phenoxy) is 1. The maximum atomic E-state index is 12.1. The van der Waals surface area contributed by atoms with Crippen LogP contribution >= 0.6 is 0 Å². The number of hydrogen-bond donors (Lipinski definition) is 3. The number of phenols is 1. The second kappa shape index (κ2) is 9.44. The molecule has 0 aliphatic carbocycles. The van der Waals surface area contributed by atoms with Gasteiger partial charge in [-0.25, -0.2) is 5.43 Å². The molecule has 0 fully saturated rings. The lowest BCUT2D eigenvalue weighted by atomic mass is 10.0. The standard InChI is InChI=1S/C25H19N3O4/c29-23-15-10-17-6-4-5-9-21(17)22(23)16-26-28-25(31)24(30)27-18-11-13-20(14-12-18)32-19-7-2-1-3-8-19/h1-16,29H,(H,27,30)(H,28,31)/b26-16-. The lowest BCUT2D eigenvalue weighted by molar-refractivity contribution is -0.136. The predicted octanol–water partition coefficient (Wildman–Crippen LogP) is 4.43. The van der Waals surface area contributed by atoms with Gasteiger partial charge in [0.2, 0.25) is 0 Å². The van der Waals surface area contributed by atoms with Crippen LogP contribution in [0.15, 0.2) is 96.1 Å². The van der Waals surface area contributed by atoms with Gasteiger partial charge in [-0.3, -0.25) is 9.59 Å². The van der Waals surface area contributed by atoms with Gasteiger partial charge in [-0.05, 0) is 53.2 Å². The first-order valence-electron chi connectivity index (χ1n) is 9.78. The molecule has 3 N–H and O–H groups in total. The van der Waals surface area contributed by atoms with Crippen molar-refractivity contribution < 1.29 is 19.4 Å². The zero-order valence-electron chi connectivity index (χ0n) is 16.9. The summed E-state index contributed by atoms with van der Waals surface area (Å²) in [6.45, 7) is 0. The van der Waals surface area contributed by atoms with Crippen LogP contribution in [0.2, 0.25) is 0 Å². The van der Waals surface area contributed by atoms with E-state index < -0.39 is 11.8 Å². The largest absolute Gasteiger partial charge is 0.507 e. The fourth-order valence-electron chi connectivity index (χ4n) is 3.04. The summed E-state index contributed by atoms with van der Waals surface area (Å²) >= 11 is 0. The van der Waals surface area contributed by atoms with Crippen molar-refractivity contribution >= 4 is 34.5 Å². The van der Waals surface area contributed by atoms with E-state index >= 15 is 0 Å². The highest BCUT2D eigenvalue weighted by molar-refractivity contribution is 6.39. The van der Waals surface area contributed by atoms with Gasteiger partial charge in [0.05, 0.1) is 6.21 Å². The van der Waals surface area contributed by atoms with Crippen molar-refractivity contribution in [2.75, 3.05) is 5.32 Å². The maximum absolute atomic E-state index is 12.1. The molecule has 0 aliphatic rings. The van der Waals surface area contributed by atoms with Crippen LogP contribution in [0.1, 0.15) is 5.56 Å². The lowest BCUT2D eigenvalue weighted by Crippen LogP contribution is -2.32. The Labute approximate surface area is 184 Å². The second-order valence-corrected chi connectivity index (χ2v) is 6.81. The Kier molecular flexibility index (Phi) is 6.08. The van der Waals surface area contributed by atoms with E-state index in [-0.39, 0.29) is 5.75 Å². The number of aromatic hydroxyl groups is 1. The lowest BCUT2D eigenvalue weighted by Gasteiger charge is -2.07. The average molecular weight is 425 g/mol. The van der Waals surface area contributed by atoms with Crippen molar-refractivity contribution in [3.05, 3.63) is 96.6 Å². The molecule has 0 unspecified atom stereocenters. The number of hydrazone groups is 1. The van der Waals surface area contributed by atoms with Gasteiger partial charge in [0.1, 0.15) is 17.2 Å². The molecule has 4 aromatic carbocycles. The van der Waals surface area contributed by atoms with E-state index in [9.17, 15) is 14.7 Å². The van der Waals surface area contributed by atoms with Crippen LogP contribution in [0.25, 0.3) is 10.8 Å². The molecule has 0 saturated carbocycles. The summed E-state index contributed by atoms with van der Waals surface area (Å²) in [4.78, 5) is 24.2. The monoisotopic (exact) mass is 425 g/mol. The van der Waals surface area contributed by atoms with E-state index in [0.29, 0.717) is 22.7 Å². The third-order valence-electron chi connectivity index (χ3n) is 4.60. The second-order valence-electron chi connectivity index (χ2n) is 6.81. The van der Waals surface area contributed by atoms with Gasteiger partial charge in [-0.1, -0.05) is 48.5 Å². The third kappa shape index (κ3) is 4.91. The highest BCUT2D eigenvalue weighted by Crippen LogP contribution is 2.25. The van der Waals surface area contributed by atoms with Gasteiger partial charge in [-0.2, -0.15) is 5.10 Å². The highest BCUT2D eigenvalue weighted by Gasteiger charge is 2.13. The minimum absolute atomic E-state index is 0.0176. The fourth-order valence-corrected chi connectivity index (χ4v) is 3.04. The van der Waals surface area contributed by atoms with E-state index in [1.807, 2.05) is 54.6 Å². The molecule has 0 radical (unpaired) electrons. The smallest absolute Gasteiger partial charge is 0.329 e. The number of anilines is 1. The van der Waals surface area contributed by atoms with Crippen molar-refractivity contribution in [1.82, 2.24) is 5.43 Å². The van der Waals surface area contributed by atoms with Crippen LogP contribution in [-0.4, -0.2) is 23.1 Å². The quantitative estimate of drug-likeness (QED) is 0.250. The SMILES string of the molecule is O=C(N/N=C\c1c(O)ccc2ccccc12)C(=O)Nc1ccc(Oc2ccccc2)cc1. The van der Waals surface area contributed by atoms with Gasteiger partial charge >= 0.3 is 11.8 Å². The number of para-hydroxylation sites is 1. The molecule has 7 heteroatoms. The minimum Gasteiger partial charge on any atom is -0.507 e. The van der Waals surface area contributed by atoms with E-state index in [2.05, 4.69) is 15.8 Å². The van der Waals surface area contributed by atoms with Gasteiger partial charge in [0, 0.05) is 11.3 Å². The van der Waals surface area contributed by atoms with Crippen molar-refractivity contribution in [2.24, 2.45) is 5.10 Å². The van der Waals surface area contributed by atoms with Crippen molar-refractivity contribution in [3.8, 4) is 17.2 Å². The molecule has 32 heavy (non-hydrogen) atoms. The number of carbonyl (C=O) groups is 2. The Morgan fingerprint density at radius 2 is 1.47 bits per heavy atom. The molecule has 0 heterocycles. The van der Waals surface area contributed by atoms with Gasteiger partial charge in [0.25, 0.3) is 0 Å². The molecule has 7 nitrogen and oxygen atoms in total. The summed E-state index contributed by atoms with van der Waals surface area (Å²) in [5, 5.41) is 18.1. The first-order valence-corrected chi connectivity index (χ1v) is 9.78. The number of nitrogens with one attached hydrogen (secondary N) is 2. The first-order chi connectivity index (χ1) is 15.6. The number of phenolic OH excluding ortho intramolecular Hbond substituents is 1. The van der Waals surface area contributed by atoms with E-state index in [1.165, 1.54) is 6.21 Å². The fraction of sp³-hybridized carbons (Fsp3) is 0.